The number of rotatable bonds is 3. The molecular formula is C19H13F3N6O2. The van der Waals surface area contributed by atoms with Gasteiger partial charge in [0.1, 0.15) is 6.33 Å². The fraction of sp³-hybridized carbons (Fsp3) is 0.0526. The van der Waals surface area contributed by atoms with Crippen molar-refractivity contribution >= 4 is 28.6 Å². The number of imidazole rings is 1. The molecule has 0 unspecified atom stereocenters. The molecule has 30 heavy (non-hydrogen) atoms. The molecule has 3 N–H and O–H groups in total. The fourth-order valence-electron chi connectivity index (χ4n) is 2.81. The van der Waals surface area contributed by atoms with Gasteiger partial charge in [-0.3, -0.25) is 9.36 Å². The maximum Gasteiger partial charge on any atom is 0.416 e. The molecule has 0 spiro atoms. The summed E-state index contributed by atoms with van der Waals surface area (Å²) in [4.78, 5) is 34.4. The van der Waals surface area contributed by atoms with E-state index in [2.05, 4.69) is 25.6 Å². The number of anilines is 2. The molecule has 8 nitrogen and oxygen atoms in total. The highest BCUT2D eigenvalue weighted by molar-refractivity contribution is 5.99. The SMILES string of the molecule is O=C(Nc1ccc(-n2cnc3c(=O)[nH]cnc32)cc1)Nc1cccc(C(F)(F)F)c1. The van der Waals surface area contributed by atoms with Gasteiger partial charge in [0, 0.05) is 17.1 Å². The maximum atomic E-state index is 12.8. The topological polar surface area (TPSA) is 105 Å². The van der Waals surface area contributed by atoms with E-state index in [0.717, 1.165) is 12.1 Å². The molecule has 4 rings (SSSR count). The van der Waals surface area contributed by atoms with Crippen molar-refractivity contribution in [2.75, 3.05) is 10.6 Å². The number of hydrogen-bond donors (Lipinski definition) is 3. The Morgan fingerprint density at radius 2 is 1.73 bits per heavy atom. The van der Waals surface area contributed by atoms with Gasteiger partial charge in [0.2, 0.25) is 0 Å². The molecule has 2 heterocycles. The van der Waals surface area contributed by atoms with Gasteiger partial charge in [0.25, 0.3) is 5.56 Å². The Balaban J connectivity index is 1.48. The number of amides is 2. The number of alkyl halides is 3. The summed E-state index contributed by atoms with van der Waals surface area (Å²) in [5, 5.41) is 4.90. The van der Waals surface area contributed by atoms with E-state index in [1.807, 2.05) is 0 Å². The van der Waals surface area contributed by atoms with Gasteiger partial charge in [-0.05, 0) is 42.5 Å². The summed E-state index contributed by atoms with van der Waals surface area (Å²) < 4.78 is 39.9. The van der Waals surface area contributed by atoms with Gasteiger partial charge in [-0.25, -0.2) is 14.8 Å². The minimum atomic E-state index is -4.50. The molecule has 2 amide bonds. The van der Waals surface area contributed by atoms with Crippen LogP contribution in [0.1, 0.15) is 5.56 Å². The number of aromatic amines is 1. The van der Waals surface area contributed by atoms with Gasteiger partial charge in [-0.15, -0.1) is 0 Å². The van der Waals surface area contributed by atoms with Crippen molar-refractivity contribution in [1.29, 1.82) is 0 Å². The van der Waals surface area contributed by atoms with Crippen LogP contribution in [0, 0.1) is 0 Å². The third-order valence-corrected chi connectivity index (χ3v) is 4.19. The van der Waals surface area contributed by atoms with Crippen LogP contribution in [0.2, 0.25) is 0 Å². The number of carbonyl (C=O) groups excluding carboxylic acids is 1. The molecule has 0 bridgehead atoms. The van der Waals surface area contributed by atoms with Gasteiger partial charge in [-0.2, -0.15) is 13.2 Å². The second kappa shape index (κ2) is 7.35. The number of urea groups is 1. The van der Waals surface area contributed by atoms with Gasteiger partial charge < -0.3 is 15.6 Å². The smallest absolute Gasteiger partial charge is 0.311 e. The minimum Gasteiger partial charge on any atom is -0.311 e. The molecule has 0 atom stereocenters. The van der Waals surface area contributed by atoms with Crippen LogP contribution in [0.5, 0.6) is 0 Å². The molecule has 0 aliphatic rings. The van der Waals surface area contributed by atoms with Gasteiger partial charge in [0.15, 0.2) is 11.2 Å². The second-order valence-electron chi connectivity index (χ2n) is 6.22. The number of carbonyl (C=O) groups is 1. The maximum absolute atomic E-state index is 12.8. The summed E-state index contributed by atoms with van der Waals surface area (Å²) in [5.41, 5.74) is 0.438. The number of hydrogen-bond acceptors (Lipinski definition) is 4. The molecule has 11 heteroatoms. The molecule has 0 aliphatic carbocycles. The van der Waals surface area contributed by atoms with Crippen LogP contribution in [-0.2, 0) is 6.18 Å². The summed E-state index contributed by atoms with van der Waals surface area (Å²) in [6, 6.07) is 10.2. The largest absolute Gasteiger partial charge is 0.416 e. The minimum absolute atomic E-state index is 0.0140. The summed E-state index contributed by atoms with van der Waals surface area (Å²) in [7, 11) is 0. The van der Waals surface area contributed by atoms with Crippen LogP contribution < -0.4 is 16.2 Å². The van der Waals surface area contributed by atoms with Crippen molar-refractivity contribution in [3.63, 3.8) is 0 Å². The highest BCUT2D eigenvalue weighted by Crippen LogP contribution is 2.30. The van der Waals surface area contributed by atoms with Crippen LogP contribution in [0.4, 0.5) is 29.3 Å². The predicted molar refractivity (Wildman–Crippen MR) is 104 cm³/mol. The van der Waals surface area contributed by atoms with E-state index in [1.165, 1.54) is 24.8 Å². The van der Waals surface area contributed by atoms with Crippen molar-refractivity contribution in [3.8, 4) is 5.69 Å². The zero-order chi connectivity index (χ0) is 21.3. The van der Waals surface area contributed by atoms with Gasteiger partial charge >= 0.3 is 12.2 Å². The Hall–Kier alpha value is -4.15. The molecule has 152 valence electrons. The summed E-state index contributed by atoms with van der Waals surface area (Å²) >= 11 is 0. The van der Waals surface area contributed by atoms with Gasteiger partial charge in [0.05, 0.1) is 11.9 Å². The van der Waals surface area contributed by atoms with Crippen LogP contribution >= 0.6 is 0 Å². The number of H-pyrrole nitrogens is 1. The quantitative estimate of drug-likeness (QED) is 0.475. The molecule has 4 aromatic rings. The molecule has 2 aromatic heterocycles. The van der Waals surface area contributed by atoms with E-state index < -0.39 is 17.8 Å². The monoisotopic (exact) mass is 414 g/mol. The first-order valence-electron chi connectivity index (χ1n) is 8.58. The summed E-state index contributed by atoms with van der Waals surface area (Å²) in [6.45, 7) is 0. The van der Waals surface area contributed by atoms with Crippen molar-refractivity contribution in [2.24, 2.45) is 0 Å². The number of aromatic nitrogens is 4. The van der Waals surface area contributed by atoms with E-state index in [1.54, 1.807) is 28.8 Å². The van der Waals surface area contributed by atoms with Crippen LogP contribution in [0.3, 0.4) is 0 Å². The molecular weight excluding hydrogens is 401 g/mol. The van der Waals surface area contributed by atoms with Crippen molar-refractivity contribution in [3.05, 3.63) is 77.1 Å². The number of nitrogens with zero attached hydrogens (tertiary/aromatic N) is 3. The Morgan fingerprint density at radius 3 is 2.47 bits per heavy atom. The third-order valence-electron chi connectivity index (χ3n) is 4.19. The van der Waals surface area contributed by atoms with Crippen LogP contribution in [0.15, 0.2) is 66.0 Å². The van der Waals surface area contributed by atoms with Crippen LogP contribution in [0.25, 0.3) is 16.9 Å². The van der Waals surface area contributed by atoms with Crippen molar-refractivity contribution in [2.45, 2.75) is 6.18 Å². The zero-order valence-electron chi connectivity index (χ0n) is 15.1. The van der Waals surface area contributed by atoms with E-state index in [0.29, 0.717) is 17.0 Å². The molecule has 0 fully saturated rings. The lowest BCUT2D eigenvalue weighted by Crippen LogP contribution is -2.19. The number of nitrogens with one attached hydrogen (secondary N) is 3. The fourth-order valence-corrected chi connectivity index (χ4v) is 2.81. The third kappa shape index (κ3) is 3.85. The average molecular weight is 414 g/mol. The van der Waals surface area contributed by atoms with E-state index in [-0.39, 0.29) is 16.8 Å². The molecule has 0 saturated heterocycles. The lowest BCUT2D eigenvalue weighted by molar-refractivity contribution is -0.137. The molecule has 2 aromatic carbocycles. The van der Waals surface area contributed by atoms with E-state index in [4.69, 9.17) is 0 Å². The predicted octanol–water partition coefficient (Wildman–Crippen LogP) is 3.77. The first kappa shape index (κ1) is 19.2. The molecule has 0 saturated carbocycles. The molecule has 0 aliphatic heterocycles. The standard InChI is InChI=1S/C19H13F3N6O2/c20-19(21,22)11-2-1-3-13(8-11)27-18(30)26-12-4-6-14(7-5-12)28-10-25-15-16(28)23-9-24-17(15)29/h1-10H,(H,23,24,29)(H2,26,27,30). The normalized spacial score (nSPS) is 11.4. The first-order valence-corrected chi connectivity index (χ1v) is 8.58. The van der Waals surface area contributed by atoms with E-state index in [9.17, 15) is 22.8 Å². The van der Waals surface area contributed by atoms with Crippen molar-refractivity contribution < 1.29 is 18.0 Å². The Labute approximate surface area is 166 Å². The highest BCUT2D eigenvalue weighted by Gasteiger charge is 2.30. The first-order chi connectivity index (χ1) is 14.3. The number of benzene rings is 2. The Kier molecular flexibility index (Phi) is 4.70. The molecule has 0 radical (unpaired) electrons. The van der Waals surface area contributed by atoms with Crippen molar-refractivity contribution in [1.82, 2.24) is 19.5 Å². The van der Waals surface area contributed by atoms with E-state index >= 15 is 0 Å². The summed E-state index contributed by atoms with van der Waals surface area (Å²) in [6.07, 6.45) is -1.77. The van der Waals surface area contributed by atoms with Gasteiger partial charge in [-0.1, -0.05) is 6.07 Å². The summed E-state index contributed by atoms with van der Waals surface area (Å²) in [5.74, 6) is 0. The number of halogens is 3. The lowest BCUT2D eigenvalue weighted by Gasteiger charge is -2.11. The Morgan fingerprint density at radius 1 is 1.00 bits per heavy atom. The highest BCUT2D eigenvalue weighted by atomic mass is 19.4. The average Bonchev–Trinajstić information content (AvgIpc) is 3.14. The second-order valence-corrected chi connectivity index (χ2v) is 6.22. The Bertz CT molecular complexity index is 1280. The van der Waals surface area contributed by atoms with Crippen LogP contribution in [-0.4, -0.2) is 25.6 Å². The lowest BCUT2D eigenvalue weighted by atomic mass is 10.2. The zero-order valence-corrected chi connectivity index (χ0v) is 15.1. The number of fused-ring (bicyclic) bond motifs is 1.